The molecule has 0 saturated heterocycles. The van der Waals surface area contributed by atoms with Gasteiger partial charge in [0.2, 0.25) is 0 Å². The number of fused-ring (bicyclic) bond motifs is 1. The van der Waals surface area contributed by atoms with E-state index in [9.17, 15) is 4.79 Å². The summed E-state index contributed by atoms with van der Waals surface area (Å²) >= 11 is 5.76. The Labute approximate surface area is 148 Å². The minimum Gasteiger partial charge on any atom is -0.481 e. The number of aryl methyl sites for hydroxylation is 1. The topological polar surface area (TPSA) is 40.5 Å². The third-order valence-corrected chi connectivity index (χ3v) is 4.62. The minimum absolute atomic E-state index is 0.185. The first-order valence-corrected chi connectivity index (χ1v) is 8.34. The first-order valence-electron chi connectivity index (χ1n) is 7.96. The molecular weight excluding hydrogens is 322 g/mol. The molecule has 126 valence electrons. The van der Waals surface area contributed by atoms with Crippen molar-refractivity contribution in [3.05, 3.63) is 58.7 Å². The summed E-state index contributed by atoms with van der Waals surface area (Å²) < 4.78 is 0. The van der Waals surface area contributed by atoms with E-state index in [4.69, 9.17) is 16.7 Å². The van der Waals surface area contributed by atoms with Gasteiger partial charge < -0.3 is 10.0 Å². The SMILES string of the molecule is C=C(Cl)C(=C)C#Cc1ccc2c(c1)CCC(N(C)CCC(=O)O)C2. The number of halogens is 1. The highest BCUT2D eigenvalue weighted by Crippen LogP contribution is 2.25. The molecule has 1 aromatic carbocycles. The van der Waals surface area contributed by atoms with Gasteiger partial charge in [-0.15, -0.1) is 0 Å². The van der Waals surface area contributed by atoms with Gasteiger partial charge in [-0.05, 0) is 49.6 Å². The lowest BCUT2D eigenvalue weighted by molar-refractivity contribution is -0.137. The average molecular weight is 344 g/mol. The summed E-state index contributed by atoms with van der Waals surface area (Å²) in [7, 11) is 2.00. The summed E-state index contributed by atoms with van der Waals surface area (Å²) in [6, 6.07) is 6.65. The Hall–Kier alpha value is -2.02. The summed E-state index contributed by atoms with van der Waals surface area (Å²) in [5.74, 6) is 5.24. The maximum Gasteiger partial charge on any atom is 0.304 e. The first kappa shape index (κ1) is 18.3. The van der Waals surface area contributed by atoms with Crippen LogP contribution in [0.3, 0.4) is 0 Å². The van der Waals surface area contributed by atoms with Gasteiger partial charge in [-0.3, -0.25) is 4.79 Å². The molecule has 1 aromatic rings. The average Bonchev–Trinajstić information content (AvgIpc) is 2.56. The Bertz CT molecular complexity index is 727. The van der Waals surface area contributed by atoms with Crippen LogP contribution in [0.2, 0.25) is 0 Å². The highest BCUT2D eigenvalue weighted by molar-refractivity contribution is 6.32. The van der Waals surface area contributed by atoms with E-state index in [2.05, 4.69) is 42.0 Å². The summed E-state index contributed by atoms with van der Waals surface area (Å²) in [5.41, 5.74) is 4.12. The number of carboxylic acid groups (broad SMARTS) is 1. The van der Waals surface area contributed by atoms with Crippen LogP contribution in [0.5, 0.6) is 0 Å². The molecule has 1 atom stereocenters. The normalized spacial score (nSPS) is 16.0. The number of allylic oxidation sites excluding steroid dienone is 2. The van der Waals surface area contributed by atoms with Gasteiger partial charge >= 0.3 is 5.97 Å². The number of carbonyl (C=O) groups is 1. The van der Waals surface area contributed by atoms with E-state index in [1.165, 1.54) is 11.1 Å². The molecule has 0 saturated carbocycles. The lowest BCUT2D eigenvalue weighted by Gasteiger charge is -2.32. The number of hydrogen-bond acceptors (Lipinski definition) is 2. The number of aliphatic carboxylic acids is 1. The Morgan fingerprint density at radius 3 is 2.83 bits per heavy atom. The van der Waals surface area contributed by atoms with Crippen molar-refractivity contribution in [3.8, 4) is 11.8 Å². The molecule has 0 aliphatic heterocycles. The van der Waals surface area contributed by atoms with Crippen molar-refractivity contribution in [1.82, 2.24) is 4.90 Å². The van der Waals surface area contributed by atoms with Gasteiger partial charge in [0.15, 0.2) is 0 Å². The Morgan fingerprint density at radius 2 is 2.17 bits per heavy atom. The molecule has 24 heavy (non-hydrogen) atoms. The van der Waals surface area contributed by atoms with Crippen molar-refractivity contribution in [2.75, 3.05) is 13.6 Å². The van der Waals surface area contributed by atoms with E-state index in [0.717, 1.165) is 24.8 Å². The van der Waals surface area contributed by atoms with Crippen molar-refractivity contribution in [3.63, 3.8) is 0 Å². The minimum atomic E-state index is -0.748. The largest absolute Gasteiger partial charge is 0.481 e. The van der Waals surface area contributed by atoms with Crippen LogP contribution in [0.4, 0.5) is 0 Å². The van der Waals surface area contributed by atoms with E-state index in [0.29, 0.717) is 23.2 Å². The highest BCUT2D eigenvalue weighted by Gasteiger charge is 2.22. The van der Waals surface area contributed by atoms with Crippen molar-refractivity contribution in [2.24, 2.45) is 0 Å². The van der Waals surface area contributed by atoms with E-state index in [1.807, 2.05) is 13.1 Å². The van der Waals surface area contributed by atoms with Gasteiger partial charge in [-0.25, -0.2) is 0 Å². The summed E-state index contributed by atoms with van der Waals surface area (Å²) in [6.07, 6.45) is 3.15. The van der Waals surface area contributed by atoms with Gasteiger partial charge in [0.05, 0.1) is 6.42 Å². The number of likely N-dealkylation sites (N-methyl/N-ethyl adjacent to an activating group) is 1. The lowest BCUT2D eigenvalue weighted by Crippen LogP contribution is -2.37. The van der Waals surface area contributed by atoms with Crippen molar-refractivity contribution < 1.29 is 9.90 Å². The zero-order chi connectivity index (χ0) is 17.7. The van der Waals surface area contributed by atoms with Crippen LogP contribution in [-0.2, 0) is 17.6 Å². The monoisotopic (exact) mass is 343 g/mol. The standard InChI is InChI=1S/C20H22ClNO2/c1-14(15(2)21)4-5-16-6-7-18-13-19(9-8-17(18)12-16)22(3)11-10-20(23)24/h6-7,12,19H,1-2,8-11,13H2,3H3,(H,23,24). The van der Waals surface area contributed by atoms with Gasteiger partial charge in [0, 0.05) is 28.8 Å². The molecule has 0 aromatic heterocycles. The zero-order valence-corrected chi connectivity index (χ0v) is 14.7. The second kappa shape index (κ2) is 8.19. The predicted molar refractivity (Wildman–Crippen MR) is 98.1 cm³/mol. The molecule has 1 aliphatic rings. The van der Waals surface area contributed by atoms with E-state index in [-0.39, 0.29) is 6.42 Å². The molecule has 0 bridgehead atoms. The zero-order valence-electron chi connectivity index (χ0n) is 13.9. The van der Waals surface area contributed by atoms with E-state index < -0.39 is 5.97 Å². The molecule has 0 spiro atoms. The molecule has 0 fully saturated rings. The molecule has 3 nitrogen and oxygen atoms in total. The van der Waals surface area contributed by atoms with Crippen LogP contribution in [0.25, 0.3) is 0 Å². The number of rotatable bonds is 5. The predicted octanol–water partition coefficient (Wildman–Crippen LogP) is 3.61. The molecular formula is C20H22ClNO2. The fourth-order valence-electron chi connectivity index (χ4n) is 2.86. The van der Waals surface area contributed by atoms with Gasteiger partial charge in [-0.2, -0.15) is 0 Å². The Morgan fingerprint density at radius 1 is 1.42 bits per heavy atom. The summed E-state index contributed by atoms with van der Waals surface area (Å²) in [6.45, 7) is 7.96. The smallest absolute Gasteiger partial charge is 0.304 e. The summed E-state index contributed by atoms with van der Waals surface area (Å²) in [4.78, 5) is 12.9. The molecule has 0 heterocycles. The van der Waals surface area contributed by atoms with E-state index >= 15 is 0 Å². The van der Waals surface area contributed by atoms with Crippen LogP contribution < -0.4 is 0 Å². The van der Waals surface area contributed by atoms with Crippen LogP contribution in [0.15, 0.2) is 42.0 Å². The molecule has 2 rings (SSSR count). The Kier molecular flexibility index (Phi) is 6.25. The van der Waals surface area contributed by atoms with Gasteiger partial charge in [-0.1, -0.05) is 42.7 Å². The number of carboxylic acids is 1. The molecule has 1 unspecified atom stereocenters. The third-order valence-electron chi connectivity index (χ3n) is 4.40. The van der Waals surface area contributed by atoms with Crippen LogP contribution in [0.1, 0.15) is 29.5 Å². The molecule has 0 amide bonds. The van der Waals surface area contributed by atoms with Crippen molar-refractivity contribution in [1.29, 1.82) is 0 Å². The Balaban J connectivity index is 2.05. The molecule has 1 aliphatic carbocycles. The number of nitrogens with zero attached hydrogens (tertiary/aromatic N) is 1. The van der Waals surface area contributed by atoms with E-state index in [1.54, 1.807) is 0 Å². The highest BCUT2D eigenvalue weighted by atomic mass is 35.5. The quantitative estimate of drug-likeness (QED) is 0.656. The molecule has 0 radical (unpaired) electrons. The van der Waals surface area contributed by atoms with Crippen LogP contribution in [0, 0.1) is 11.8 Å². The first-order chi connectivity index (χ1) is 11.4. The third kappa shape index (κ3) is 4.99. The number of hydrogen-bond donors (Lipinski definition) is 1. The van der Waals surface area contributed by atoms with Crippen molar-refractivity contribution >= 4 is 17.6 Å². The lowest BCUT2D eigenvalue weighted by atomic mass is 9.86. The van der Waals surface area contributed by atoms with Gasteiger partial charge in [0.1, 0.15) is 0 Å². The molecule has 4 heteroatoms. The van der Waals surface area contributed by atoms with Crippen LogP contribution >= 0.6 is 11.6 Å². The number of benzene rings is 1. The van der Waals surface area contributed by atoms with Crippen LogP contribution in [-0.4, -0.2) is 35.6 Å². The molecule has 1 N–H and O–H groups in total. The fraction of sp³-hybridized carbons (Fsp3) is 0.350. The second-order valence-corrected chi connectivity index (χ2v) is 6.59. The summed E-state index contributed by atoms with van der Waals surface area (Å²) in [5, 5.41) is 9.18. The fourth-order valence-corrected chi connectivity index (χ4v) is 2.91. The maximum atomic E-state index is 10.7. The maximum absolute atomic E-state index is 10.7. The second-order valence-electron chi connectivity index (χ2n) is 6.14. The van der Waals surface area contributed by atoms with Crippen molar-refractivity contribution in [2.45, 2.75) is 31.7 Å². The van der Waals surface area contributed by atoms with Gasteiger partial charge in [0.25, 0.3) is 0 Å².